The van der Waals surface area contributed by atoms with Gasteiger partial charge in [0.05, 0.1) is 15.5 Å². The monoisotopic (exact) mass is 764 g/mol. The first-order valence-corrected chi connectivity index (χ1v) is 23.4. The molecule has 13 rings (SSSR count). The second kappa shape index (κ2) is 11.3. The number of benzene rings is 8. The SMILES string of the molecule is C[Si]1(C)c2ccccc2N2c3c(cccc31)B1c3c(cc4c(oc5ccccc54)c32)-c2cc3c(cc2N1c1ccc(-c2ccccc2)cc1)Sc1ccccc1O3. The van der Waals surface area contributed by atoms with Gasteiger partial charge < -0.3 is 18.9 Å². The number of hydrogen-bond acceptors (Lipinski definition) is 5. The molecule has 57 heavy (non-hydrogen) atoms. The number of fused-ring (bicyclic) bond motifs is 12. The molecule has 9 aromatic rings. The maximum Gasteiger partial charge on any atom is 0.333 e. The summed E-state index contributed by atoms with van der Waals surface area (Å²) in [6.07, 6.45) is 0. The van der Waals surface area contributed by atoms with Gasteiger partial charge in [-0.1, -0.05) is 134 Å². The topological polar surface area (TPSA) is 28.9 Å². The number of hydrogen-bond donors (Lipinski definition) is 0. The molecular weight excluding hydrogens is 732 g/mol. The van der Waals surface area contributed by atoms with Gasteiger partial charge in [0.1, 0.15) is 25.2 Å². The summed E-state index contributed by atoms with van der Waals surface area (Å²) in [5.41, 5.74) is 15.2. The van der Waals surface area contributed by atoms with Crippen LogP contribution in [-0.2, 0) is 0 Å². The molecule has 1 aromatic heterocycles. The van der Waals surface area contributed by atoms with Crippen molar-refractivity contribution in [2.24, 2.45) is 0 Å². The molecule has 0 aliphatic carbocycles. The van der Waals surface area contributed by atoms with Gasteiger partial charge in [-0.05, 0) is 92.6 Å². The predicted molar refractivity (Wildman–Crippen MR) is 240 cm³/mol. The number of furan rings is 1. The Hall–Kier alpha value is -6.41. The third-order valence-electron chi connectivity index (χ3n) is 12.7. The maximum atomic E-state index is 7.05. The molecule has 4 nitrogen and oxygen atoms in total. The van der Waals surface area contributed by atoms with Crippen LogP contribution in [0.5, 0.6) is 11.5 Å². The van der Waals surface area contributed by atoms with Gasteiger partial charge in [-0.2, -0.15) is 0 Å². The van der Waals surface area contributed by atoms with E-state index in [1.807, 2.05) is 0 Å². The van der Waals surface area contributed by atoms with Gasteiger partial charge in [0.15, 0.2) is 5.58 Å². The Bertz CT molecular complexity index is 3200. The Morgan fingerprint density at radius 1 is 0.561 bits per heavy atom. The van der Waals surface area contributed by atoms with E-state index in [0.717, 1.165) is 60.2 Å². The molecule has 7 heteroatoms. The Morgan fingerprint density at radius 3 is 2.21 bits per heavy atom. The fourth-order valence-electron chi connectivity index (χ4n) is 10.1. The zero-order chi connectivity index (χ0) is 37.6. The first kappa shape index (κ1) is 31.8. The fourth-order valence-corrected chi connectivity index (χ4v) is 14.0. The third-order valence-corrected chi connectivity index (χ3v) is 17.3. The van der Waals surface area contributed by atoms with Crippen LogP contribution < -0.4 is 35.7 Å². The van der Waals surface area contributed by atoms with Gasteiger partial charge in [0, 0.05) is 39.1 Å². The van der Waals surface area contributed by atoms with Crippen LogP contribution in [0.2, 0.25) is 13.1 Å². The lowest BCUT2D eigenvalue weighted by atomic mass is 9.43. The Kier molecular flexibility index (Phi) is 6.32. The summed E-state index contributed by atoms with van der Waals surface area (Å²) in [5, 5.41) is 5.15. The molecule has 0 fully saturated rings. The average Bonchev–Trinajstić information content (AvgIpc) is 3.63. The number of ether oxygens (including phenoxy) is 1. The highest BCUT2D eigenvalue weighted by molar-refractivity contribution is 7.99. The van der Waals surface area contributed by atoms with Crippen molar-refractivity contribution >= 4 is 98.4 Å². The molecule has 5 heterocycles. The molecule has 0 bridgehead atoms. The van der Waals surface area contributed by atoms with E-state index in [0.29, 0.717) is 0 Å². The van der Waals surface area contributed by atoms with Gasteiger partial charge in [-0.15, -0.1) is 0 Å². The molecule has 0 radical (unpaired) electrons. The fraction of sp³-hybridized carbons (Fsp3) is 0.0400. The van der Waals surface area contributed by atoms with Crippen LogP contribution in [0.15, 0.2) is 178 Å². The van der Waals surface area contributed by atoms with Crippen molar-refractivity contribution in [1.29, 1.82) is 0 Å². The maximum absolute atomic E-state index is 7.05. The lowest BCUT2D eigenvalue weighted by molar-refractivity contribution is 0.455. The number of nitrogens with zero attached hydrogens (tertiary/aromatic N) is 2. The first-order valence-electron chi connectivity index (χ1n) is 19.6. The molecule has 4 aliphatic rings. The van der Waals surface area contributed by atoms with Gasteiger partial charge in [-0.25, -0.2) is 0 Å². The van der Waals surface area contributed by atoms with E-state index in [1.54, 1.807) is 11.8 Å². The van der Waals surface area contributed by atoms with Crippen molar-refractivity contribution < 1.29 is 9.15 Å². The minimum atomic E-state index is -2.13. The van der Waals surface area contributed by atoms with E-state index in [2.05, 4.69) is 187 Å². The molecule has 0 saturated carbocycles. The first-order chi connectivity index (χ1) is 28.0. The third kappa shape index (κ3) is 4.25. The Morgan fingerprint density at radius 2 is 1.32 bits per heavy atom. The van der Waals surface area contributed by atoms with Crippen LogP contribution in [0, 0.1) is 0 Å². The molecule has 0 atom stereocenters. The molecule has 4 aliphatic heterocycles. The van der Waals surface area contributed by atoms with Crippen molar-refractivity contribution in [3.8, 4) is 33.8 Å². The van der Waals surface area contributed by atoms with Gasteiger partial charge >= 0.3 is 6.85 Å². The molecule has 0 N–H and O–H groups in total. The van der Waals surface area contributed by atoms with E-state index < -0.39 is 8.07 Å². The van der Waals surface area contributed by atoms with Crippen molar-refractivity contribution in [1.82, 2.24) is 0 Å². The molecule has 8 aromatic carbocycles. The van der Waals surface area contributed by atoms with E-state index >= 15 is 0 Å². The lowest BCUT2D eigenvalue weighted by Crippen LogP contribution is -2.67. The summed E-state index contributed by atoms with van der Waals surface area (Å²) in [4.78, 5) is 7.42. The lowest BCUT2D eigenvalue weighted by Gasteiger charge is -2.50. The Balaban J connectivity index is 1.17. The molecule has 0 spiro atoms. The van der Waals surface area contributed by atoms with Crippen molar-refractivity contribution in [3.63, 3.8) is 0 Å². The highest BCUT2D eigenvalue weighted by Crippen LogP contribution is 2.55. The average molecular weight is 765 g/mol. The van der Waals surface area contributed by atoms with Crippen LogP contribution in [0.3, 0.4) is 0 Å². The van der Waals surface area contributed by atoms with Crippen molar-refractivity contribution in [2.75, 3.05) is 9.71 Å². The molecular formula is C50H33BN2O2SSi. The van der Waals surface area contributed by atoms with Gasteiger partial charge in [0.2, 0.25) is 0 Å². The highest BCUT2D eigenvalue weighted by Gasteiger charge is 2.51. The smallest absolute Gasteiger partial charge is 0.333 e. The second-order valence-corrected chi connectivity index (χ2v) is 21.4. The normalized spacial score (nSPS) is 14.9. The number of para-hydroxylation sites is 4. The van der Waals surface area contributed by atoms with E-state index in [1.165, 1.54) is 55.1 Å². The summed E-state index contributed by atoms with van der Waals surface area (Å²) in [6.45, 7) is 4.90. The van der Waals surface area contributed by atoms with Crippen LogP contribution in [-0.4, -0.2) is 14.9 Å². The second-order valence-electron chi connectivity index (χ2n) is 16.0. The van der Waals surface area contributed by atoms with Crippen LogP contribution in [0.4, 0.5) is 28.4 Å². The Labute approximate surface area is 336 Å². The minimum Gasteiger partial charge on any atom is -0.455 e. The van der Waals surface area contributed by atoms with Crippen LogP contribution in [0.25, 0.3) is 44.2 Å². The molecule has 0 saturated heterocycles. The van der Waals surface area contributed by atoms with Crippen molar-refractivity contribution in [3.05, 3.63) is 164 Å². The number of rotatable bonds is 2. The van der Waals surface area contributed by atoms with Crippen LogP contribution >= 0.6 is 11.8 Å². The molecule has 268 valence electrons. The molecule has 0 amide bonds. The predicted octanol–water partition coefficient (Wildman–Crippen LogP) is 11.4. The van der Waals surface area contributed by atoms with Crippen molar-refractivity contribution in [2.45, 2.75) is 22.9 Å². The summed E-state index contributed by atoms with van der Waals surface area (Å²) in [5.74, 6) is 1.78. The minimum absolute atomic E-state index is 0.121. The van der Waals surface area contributed by atoms with E-state index in [-0.39, 0.29) is 6.85 Å². The number of anilines is 5. The summed E-state index contributed by atoms with van der Waals surface area (Å²) < 4.78 is 13.8. The highest BCUT2D eigenvalue weighted by atomic mass is 32.2. The van der Waals surface area contributed by atoms with Crippen LogP contribution in [0.1, 0.15) is 0 Å². The van der Waals surface area contributed by atoms with E-state index in [9.17, 15) is 0 Å². The summed E-state index contributed by atoms with van der Waals surface area (Å²) >= 11 is 1.79. The zero-order valence-electron chi connectivity index (χ0n) is 31.3. The summed E-state index contributed by atoms with van der Waals surface area (Å²) in [7, 11) is -2.13. The molecule has 0 unspecified atom stereocenters. The zero-order valence-corrected chi connectivity index (χ0v) is 33.1. The van der Waals surface area contributed by atoms with Gasteiger partial charge in [-0.3, -0.25) is 0 Å². The largest absolute Gasteiger partial charge is 0.455 e. The summed E-state index contributed by atoms with van der Waals surface area (Å²) in [6, 6.07) is 60.0. The van der Waals surface area contributed by atoms with E-state index in [4.69, 9.17) is 9.15 Å². The standard InChI is InChI=1S/C50H33BN2O2SSi/c1-57(2)45-21-11-7-17-38(45)52-48-37(16-12-22-46(48)57)51-47-35(27-36-33-15-6-8-18-40(33)55-50(36)49(47)52)34-28-42-44(56-43-20-10-9-19-41(43)54-42)29-39(34)53(51)32-25-23-31(24-26-32)30-13-4-3-5-14-30/h3-29H,1-2H3. The van der Waals surface area contributed by atoms with Gasteiger partial charge in [0.25, 0.3) is 0 Å². The quantitative estimate of drug-likeness (QED) is 0.164.